The van der Waals surface area contributed by atoms with Crippen molar-refractivity contribution in [2.24, 2.45) is 5.73 Å². The highest BCUT2D eigenvalue weighted by molar-refractivity contribution is 6.33. The summed E-state index contributed by atoms with van der Waals surface area (Å²) in [5.41, 5.74) is 4.48. The number of nitrogens with two attached hydrogens (primary N) is 1. The molecule has 0 spiro atoms. The quantitative estimate of drug-likeness (QED) is 0.837. The summed E-state index contributed by atoms with van der Waals surface area (Å²) in [4.78, 5) is 11.6. The molecule has 0 bridgehead atoms. The number of benzene rings is 1. The SMILES string of the molecule is C=CCC(N)C(=O)Nc1cc(C(F)(F)F)ccc1Cl. The van der Waals surface area contributed by atoms with E-state index in [9.17, 15) is 18.0 Å². The van der Waals surface area contributed by atoms with Gasteiger partial charge < -0.3 is 11.1 Å². The Bertz CT molecular complexity index is 488. The maximum Gasteiger partial charge on any atom is 0.416 e. The van der Waals surface area contributed by atoms with Crippen LogP contribution in [0, 0.1) is 0 Å². The Morgan fingerprint density at radius 1 is 1.53 bits per heavy atom. The van der Waals surface area contributed by atoms with E-state index in [1.165, 1.54) is 6.08 Å². The Hall–Kier alpha value is -1.53. The van der Waals surface area contributed by atoms with Gasteiger partial charge in [0.1, 0.15) is 0 Å². The number of anilines is 1. The van der Waals surface area contributed by atoms with Gasteiger partial charge in [-0.25, -0.2) is 0 Å². The van der Waals surface area contributed by atoms with Crippen molar-refractivity contribution in [2.45, 2.75) is 18.6 Å². The molecular formula is C12H12ClF3N2O. The van der Waals surface area contributed by atoms with E-state index in [1.807, 2.05) is 0 Å². The third-order valence-corrected chi connectivity index (χ3v) is 2.64. The predicted molar refractivity (Wildman–Crippen MR) is 67.9 cm³/mol. The van der Waals surface area contributed by atoms with Crippen molar-refractivity contribution in [1.82, 2.24) is 0 Å². The third-order valence-electron chi connectivity index (χ3n) is 2.31. The summed E-state index contributed by atoms with van der Waals surface area (Å²) in [5, 5.41) is 2.27. The summed E-state index contributed by atoms with van der Waals surface area (Å²) < 4.78 is 37.6. The highest BCUT2D eigenvalue weighted by atomic mass is 35.5. The van der Waals surface area contributed by atoms with Crippen molar-refractivity contribution in [3.63, 3.8) is 0 Å². The number of rotatable bonds is 4. The average Bonchev–Trinajstić information content (AvgIpc) is 2.30. The fraction of sp³-hybridized carbons (Fsp3) is 0.250. The van der Waals surface area contributed by atoms with E-state index in [1.54, 1.807) is 0 Å². The van der Waals surface area contributed by atoms with E-state index in [-0.39, 0.29) is 17.1 Å². The molecule has 0 aliphatic heterocycles. The molecule has 0 saturated heterocycles. The maximum absolute atomic E-state index is 12.5. The first-order chi connectivity index (χ1) is 8.75. The molecule has 1 rings (SSSR count). The summed E-state index contributed by atoms with van der Waals surface area (Å²) >= 11 is 5.73. The molecule has 1 atom stereocenters. The van der Waals surface area contributed by atoms with Crippen molar-refractivity contribution >= 4 is 23.2 Å². The summed E-state index contributed by atoms with van der Waals surface area (Å²) in [6.45, 7) is 3.42. The Morgan fingerprint density at radius 2 is 2.16 bits per heavy atom. The maximum atomic E-state index is 12.5. The van der Waals surface area contributed by atoms with Crippen molar-refractivity contribution in [2.75, 3.05) is 5.32 Å². The normalized spacial score (nSPS) is 12.9. The molecule has 1 unspecified atom stereocenters. The molecule has 0 saturated carbocycles. The minimum Gasteiger partial charge on any atom is -0.323 e. The topological polar surface area (TPSA) is 55.1 Å². The molecular weight excluding hydrogens is 281 g/mol. The van der Waals surface area contributed by atoms with E-state index >= 15 is 0 Å². The largest absolute Gasteiger partial charge is 0.416 e. The zero-order chi connectivity index (χ0) is 14.6. The van der Waals surface area contributed by atoms with Crippen LogP contribution in [-0.4, -0.2) is 11.9 Å². The van der Waals surface area contributed by atoms with Crippen molar-refractivity contribution in [1.29, 1.82) is 0 Å². The third kappa shape index (κ3) is 4.25. The van der Waals surface area contributed by atoms with Crippen LogP contribution in [0.15, 0.2) is 30.9 Å². The van der Waals surface area contributed by atoms with Gasteiger partial charge in [0.15, 0.2) is 0 Å². The summed E-state index contributed by atoms with van der Waals surface area (Å²) in [5.74, 6) is -0.624. The number of carbonyl (C=O) groups excluding carboxylic acids is 1. The van der Waals surface area contributed by atoms with Crippen molar-refractivity contribution in [3.8, 4) is 0 Å². The van der Waals surface area contributed by atoms with Gasteiger partial charge in [0, 0.05) is 0 Å². The molecule has 3 N–H and O–H groups in total. The first kappa shape index (κ1) is 15.5. The van der Waals surface area contributed by atoms with E-state index in [4.69, 9.17) is 17.3 Å². The molecule has 1 aromatic carbocycles. The Labute approximate surface area is 113 Å². The zero-order valence-electron chi connectivity index (χ0n) is 9.80. The molecule has 3 nitrogen and oxygen atoms in total. The number of alkyl halides is 3. The second kappa shape index (κ2) is 6.08. The zero-order valence-corrected chi connectivity index (χ0v) is 10.6. The van der Waals surface area contributed by atoms with Gasteiger partial charge in [0.05, 0.1) is 22.3 Å². The molecule has 0 aromatic heterocycles. The van der Waals surface area contributed by atoms with Gasteiger partial charge in [-0.15, -0.1) is 6.58 Å². The molecule has 19 heavy (non-hydrogen) atoms. The molecule has 7 heteroatoms. The molecule has 0 aliphatic carbocycles. The monoisotopic (exact) mass is 292 g/mol. The molecule has 0 aliphatic rings. The van der Waals surface area contributed by atoms with Gasteiger partial charge in [-0.05, 0) is 24.6 Å². The Kier molecular flexibility index (Phi) is 4.97. The molecule has 1 amide bonds. The highest BCUT2D eigenvalue weighted by Crippen LogP contribution is 2.33. The average molecular weight is 293 g/mol. The fourth-order valence-electron chi connectivity index (χ4n) is 1.31. The predicted octanol–water partition coefficient (Wildman–Crippen LogP) is 3.20. The van der Waals surface area contributed by atoms with Gasteiger partial charge in [-0.1, -0.05) is 17.7 Å². The summed E-state index contributed by atoms with van der Waals surface area (Å²) in [6, 6.07) is 1.78. The second-order valence-corrected chi connectivity index (χ2v) is 4.22. The van der Waals surface area contributed by atoms with E-state index in [0.29, 0.717) is 0 Å². The first-order valence-corrected chi connectivity index (χ1v) is 5.67. The standard InChI is InChI=1S/C12H12ClF3N2O/c1-2-3-9(17)11(19)18-10-6-7(12(14,15)16)4-5-8(10)13/h2,4-6,9H,1,3,17H2,(H,18,19). The van der Waals surface area contributed by atoms with Crippen molar-refractivity contribution < 1.29 is 18.0 Å². The number of amides is 1. The molecule has 0 radical (unpaired) electrons. The lowest BCUT2D eigenvalue weighted by Gasteiger charge is -2.14. The van der Waals surface area contributed by atoms with Crippen LogP contribution in [0.4, 0.5) is 18.9 Å². The number of hydrogen-bond donors (Lipinski definition) is 2. The summed E-state index contributed by atoms with van der Waals surface area (Å²) in [7, 11) is 0. The number of nitrogens with one attached hydrogen (secondary N) is 1. The van der Waals surface area contributed by atoms with Crippen molar-refractivity contribution in [3.05, 3.63) is 41.4 Å². The van der Waals surface area contributed by atoms with E-state index < -0.39 is 23.7 Å². The summed E-state index contributed by atoms with van der Waals surface area (Å²) in [6.07, 6.45) is -2.85. The highest BCUT2D eigenvalue weighted by Gasteiger charge is 2.31. The minimum atomic E-state index is -4.51. The molecule has 104 valence electrons. The number of hydrogen-bond acceptors (Lipinski definition) is 2. The smallest absolute Gasteiger partial charge is 0.323 e. The lowest BCUT2D eigenvalue weighted by Crippen LogP contribution is -2.35. The van der Waals surface area contributed by atoms with Crippen LogP contribution in [0.2, 0.25) is 5.02 Å². The number of carbonyl (C=O) groups is 1. The van der Waals surface area contributed by atoms with Gasteiger partial charge in [-0.3, -0.25) is 4.79 Å². The van der Waals surface area contributed by atoms with Crippen LogP contribution < -0.4 is 11.1 Å². The van der Waals surface area contributed by atoms with Crippen LogP contribution in [-0.2, 0) is 11.0 Å². The van der Waals surface area contributed by atoms with Gasteiger partial charge in [0.2, 0.25) is 5.91 Å². The van der Waals surface area contributed by atoms with Gasteiger partial charge >= 0.3 is 6.18 Å². The lowest BCUT2D eigenvalue weighted by atomic mass is 10.1. The lowest BCUT2D eigenvalue weighted by molar-refractivity contribution is -0.137. The van der Waals surface area contributed by atoms with Crippen LogP contribution in [0.1, 0.15) is 12.0 Å². The van der Waals surface area contributed by atoms with Gasteiger partial charge in [0.25, 0.3) is 0 Å². The number of halogens is 4. The van der Waals surface area contributed by atoms with Crippen LogP contribution in [0.3, 0.4) is 0 Å². The van der Waals surface area contributed by atoms with Crippen LogP contribution in [0.25, 0.3) is 0 Å². The second-order valence-electron chi connectivity index (χ2n) is 3.81. The van der Waals surface area contributed by atoms with Gasteiger partial charge in [-0.2, -0.15) is 13.2 Å². The van der Waals surface area contributed by atoms with Crippen LogP contribution >= 0.6 is 11.6 Å². The van der Waals surface area contributed by atoms with E-state index in [0.717, 1.165) is 18.2 Å². The Morgan fingerprint density at radius 3 is 2.68 bits per heavy atom. The minimum absolute atomic E-state index is 0.00662. The van der Waals surface area contributed by atoms with Crippen LogP contribution in [0.5, 0.6) is 0 Å². The fourth-order valence-corrected chi connectivity index (χ4v) is 1.47. The molecule has 1 aromatic rings. The Balaban J connectivity index is 2.95. The molecule has 0 heterocycles. The van der Waals surface area contributed by atoms with E-state index in [2.05, 4.69) is 11.9 Å². The first-order valence-electron chi connectivity index (χ1n) is 5.29. The molecule has 0 fully saturated rings.